The van der Waals surface area contributed by atoms with E-state index in [-0.39, 0.29) is 17.1 Å². The fourth-order valence-electron chi connectivity index (χ4n) is 4.07. The van der Waals surface area contributed by atoms with Gasteiger partial charge in [-0.15, -0.1) is 0 Å². The first-order chi connectivity index (χ1) is 18.0. The zero-order valence-corrected chi connectivity index (χ0v) is 20.4. The summed E-state index contributed by atoms with van der Waals surface area (Å²) in [5.41, 5.74) is -1.57. The van der Waals surface area contributed by atoms with E-state index in [1.54, 1.807) is 13.0 Å². The Labute approximate surface area is 215 Å². The van der Waals surface area contributed by atoms with E-state index in [0.29, 0.717) is 30.6 Å². The van der Waals surface area contributed by atoms with Crippen molar-refractivity contribution >= 4 is 23.0 Å². The molecule has 38 heavy (non-hydrogen) atoms. The van der Waals surface area contributed by atoms with Gasteiger partial charge in [0.15, 0.2) is 6.23 Å². The van der Waals surface area contributed by atoms with E-state index in [9.17, 15) is 32.6 Å². The molecule has 8 nitrogen and oxygen atoms in total. The van der Waals surface area contributed by atoms with Gasteiger partial charge in [0.25, 0.3) is 0 Å². The molecule has 1 atom stereocenters. The summed E-state index contributed by atoms with van der Waals surface area (Å²) in [4.78, 5) is 12.4. The van der Waals surface area contributed by atoms with Crippen LogP contribution in [0.1, 0.15) is 37.3 Å². The number of aliphatic hydroxyl groups excluding tert-OH is 2. The SMILES string of the molecule is CCOC1=CC(c2ccc(NC(=O)Nc3ccc(OC4(CO)CCC4)c(C(F)(F)F)c3)c(F)c2)=CNC1O. The molecule has 1 heterocycles. The average molecular weight is 538 g/mol. The first kappa shape index (κ1) is 27.3. The Morgan fingerprint density at radius 2 is 1.95 bits per heavy atom. The number of hydrogen-bond donors (Lipinski definition) is 5. The molecule has 1 aliphatic heterocycles. The first-order valence-corrected chi connectivity index (χ1v) is 11.9. The molecular formula is C26H27F4N3O5. The highest BCUT2D eigenvalue weighted by molar-refractivity contribution is 6.00. The molecule has 1 aliphatic carbocycles. The summed E-state index contributed by atoms with van der Waals surface area (Å²) < 4.78 is 66.7. The van der Waals surface area contributed by atoms with Gasteiger partial charge in [-0.05, 0) is 68.2 Å². The summed E-state index contributed by atoms with van der Waals surface area (Å²) >= 11 is 0. The van der Waals surface area contributed by atoms with Gasteiger partial charge in [0, 0.05) is 17.5 Å². The number of hydrogen-bond acceptors (Lipinski definition) is 6. The summed E-state index contributed by atoms with van der Waals surface area (Å²) in [6.07, 6.45) is -1.15. The highest BCUT2D eigenvalue weighted by Crippen LogP contribution is 2.43. The van der Waals surface area contributed by atoms with Crippen LogP contribution in [0.15, 0.2) is 54.4 Å². The molecule has 0 radical (unpaired) electrons. The maximum Gasteiger partial charge on any atom is 0.420 e. The largest absolute Gasteiger partial charge is 0.493 e. The number of rotatable bonds is 8. The predicted octanol–water partition coefficient (Wildman–Crippen LogP) is 4.97. The van der Waals surface area contributed by atoms with Crippen molar-refractivity contribution in [2.45, 2.75) is 44.2 Å². The Morgan fingerprint density at radius 1 is 1.18 bits per heavy atom. The molecule has 4 rings (SSSR count). The van der Waals surface area contributed by atoms with E-state index in [0.717, 1.165) is 24.6 Å². The number of aliphatic hydroxyl groups is 2. The fourth-order valence-corrected chi connectivity index (χ4v) is 4.07. The van der Waals surface area contributed by atoms with Gasteiger partial charge in [-0.2, -0.15) is 13.2 Å². The molecule has 2 aromatic carbocycles. The second-order valence-corrected chi connectivity index (χ2v) is 8.93. The highest BCUT2D eigenvalue weighted by Gasteiger charge is 2.42. The number of amides is 2. The number of carbonyl (C=O) groups excluding carboxylic acids is 1. The number of urea groups is 1. The molecule has 12 heteroatoms. The number of anilines is 2. The van der Waals surface area contributed by atoms with Crippen LogP contribution in [0.4, 0.5) is 33.7 Å². The number of alkyl halides is 3. The lowest BCUT2D eigenvalue weighted by molar-refractivity contribution is -0.142. The van der Waals surface area contributed by atoms with Gasteiger partial charge in [-0.3, -0.25) is 0 Å². The fraction of sp³-hybridized carbons (Fsp3) is 0.346. The zero-order chi connectivity index (χ0) is 27.5. The molecule has 0 spiro atoms. The van der Waals surface area contributed by atoms with Crippen LogP contribution in [-0.4, -0.2) is 41.3 Å². The minimum Gasteiger partial charge on any atom is -0.493 e. The number of nitrogens with one attached hydrogen (secondary N) is 3. The molecule has 2 amide bonds. The summed E-state index contributed by atoms with van der Waals surface area (Å²) in [6, 6.07) is 6.06. The molecule has 1 fully saturated rings. The van der Waals surface area contributed by atoms with Gasteiger partial charge >= 0.3 is 12.2 Å². The second kappa shape index (κ2) is 10.9. The van der Waals surface area contributed by atoms with Crippen LogP contribution < -0.4 is 20.7 Å². The summed E-state index contributed by atoms with van der Waals surface area (Å²) in [5, 5.41) is 26.7. The van der Waals surface area contributed by atoms with E-state index in [1.807, 2.05) is 0 Å². The van der Waals surface area contributed by atoms with Gasteiger partial charge < -0.3 is 35.6 Å². The minimum absolute atomic E-state index is 0.184. The van der Waals surface area contributed by atoms with Crippen molar-refractivity contribution in [1.29, 1.82) is 0 Å². The third kappa shape index (κ3) is 6.03. The molecule has 2 aromatic rings. The van der Waals surface area contributed by atoms with Crippen LogP contribution in [0.25, 0.3) is 5.57 Å². The third-order valence-electron chi connectivity index (χ3n) is 6.25. The second-order valence-electron chi connectivity index (χ2n) is 8.93. The quantitative estimate of drug-likeness (QED) is 0.304. The van der Waals surface area contributed by atoms with E-state index < -0.39 is 47.8 Å². The van der Waals surface area contributed by atoms with Crippen molar-refractivity contribution in [3.05, 3.63) is 71.4 Å². The topological polar surface area (TPSA) is 112 Å². The van der Waals surface area contributed by atoms with Gasteiger partial charge in [-0.1, -0.05) is 6.07 Å². The van der Waals surface area contributed by atoms with Crippen molar-refractivity contribution in [2.75, 3.05) is 23.8 Å². The Balaban J connectivity index is 1.46. The molecule has 2 aliphatic rings. The highest BCUT2D eigenvalue weighted by atomic mass is 19.4. The van der Waals surface area contributed by atoms with E-state index in [4.69, 9.17) is 9.47 Å². The number of dihydropyridines is 1. The Hall–Kier alpha value is -3.77. The summed E-state index contributed by atoms with van der Waals surface area (Å²) in [7, 11) is 0. The van der Waals surface area contributed by atoms with Gasteiger partial charge in [0.1, 0.15) is 22.9 Å². The normalized spacial score (nSPS) is 18.3. The number of ether oxygens (including phenoxy) is 2. The van der Waals surface area contributed by atoms with Crippen molar-refractivity contribution < 1.29 is 42.0 Å². The molecule has 204 valence electrons. The molecular weight excluding hydrogens is 510 g/mol. The van der Waals surface area contributed by atoms with Crippen LogP contribution in [0.5, 0.6) is 5.75 Å². The minimum atomic E-state index is -4.78. The lowest BCUT2D eigenvalue weighted by Crippen LogP contribution is -2.46. The smallest absolute Gasteiger partial charge is 0.420 e. The molecule has 0 saturated heterocycles. The number of carbonyl (C=O) groups is 1. The maximum absolute atomic E-state index is 14.8. The Kier molecular flexibility index (Phi) is 7.83. The maximum atomic E-state index is 14.8. The molecule has 0 aromatic heterocycles. The number of allylic oxidation sites excluding steroid dienone is 2. The Morgan fingerprint density at radius 3 is 2.55 bits per heavy atom. The van der Waals surface area contributed by atoms with Crippen molar-refractivity contribution in [3.8, 4) is 5.75 Å². The standard InChI is InChI=1S/C26H27F4N3O5/c1-2-37-22-11-16(13-31-23(22)35)15-4-6-20(19(27)10-15)33-24(36)32-17-5-7-21(18(12-17)26(28,29)30)38-25(14-34)8-3-9-25/h4-7,10-13,23,31,34-35H,2-3,8-9,14H2,1H3,(H2,32,33,36). The lowest BCUT2D eigenvalue weighted by atomic mass is 9.80. The van der Waals surface area contributed by atoms with Gasteiger partial charge in [0.05, 0.1) is 24.5 Å². The van der Waals surface area contributed by atoms with Crippen LogP contribution in [0.2, 0.25) is 0 Å². The molecule has 5 N–H and O–H groups in total. The number of benzene rings is 2. The van der Waals surface area contributed by atoms with Crippen LogP contribution in [-0.2, 0) is 10.9 Å². The number of halogens is 4. The molecule has 1 unspecified atom stereocenters. The van der Waals surface area contributed by atoms with Crippen molar-refractivity contribution in [3.63, 3.8) is 0 Å². The Bertz CT molecular complexity index is 1250. The molecule has 1 saturated carbocycles. The zero-order valence-electron chi connectivity index (χ0n) is 20.4. The van der Waals surface area contributed by atoms with E-state index in [1.165, 1.54) is 24.4 Å². The average Bonchev–Trinajstić information content (AvgIpc) is 2.84. The van der Waals surface area contributed by atoms with Crippen LogP contribution in [0, 0.1) is 5.82 Å². The van der Waals surface area contributed by atoms with Crippen LogP contribution >= 0.6 is 0 Å². The molecule has 0 bridgehead atoms. The lowest BCUT2D eigenvalue weighted by Gasteiger charge is -2.40. The van der Waals surface area contributed by atoms with Crippen molar-refractivity contribution in [1.82, 2.24) is 5.32 Å². The summed E-state index contributed by atoms with van der Waals surface area (Å²) in [5.74, 6) is -0.967. The van der Waals surface area contributed by atoms with Crippen molar-refractivity contribution in [2.24, 2.45) is 0 Å². The monoisotopic (exact) mass is 537 g/mol. The first-order valence-electron chi connectivity index (χ1n) is 11.9. The third-order valence-corrected chi connectivity index (χ3v) is 6.25. The van der Waals surface area contributed by atoms with Gasteiger partial charge in [-0.25, -0.2) is 9.18 Å². The van der Waals surface area contributed by atoms with Gasteiger partial charge in [0.2, 0.25) is 0 Å². The summed E-state index contributed by atoms with van der Waals surface area (Å²) in [6.45, 7) is 1.68. The van der Waals surface area contributed by atoms with Crippen LogP contribution in [0.3, 0.4) is 0 Å². The predicted molar refractivity (Wildman–Crippen MR) is 132 cm³/mol. The van der Waals surface area contributed by atoms with E-state index in [2.05, 4.69) is 16.0 Å². The van der Waals surface area contributed by atoms with E-state index >= 15 is 0 Å².